The van der Waals surface area contributed by atoms with Crippen molar-refractivity contribution in [3.05, 3.63) is 30.2 Å². The van der Waals surface area contributed by atoms with Crippen molar-refractivity contribution in [1.82, 2.24) is 10.1 Å². The highest BCUT2D eigenvalue weighted by Gasteiger charge is 2.09. The molecule has 0 aliphatic carbocycles. The Balaban J connectivity index is 2.50. The van der Waals surface area contributed by atoms with Gasteiger partial charge in [0.1, 0.15) is 5.75 Å². The van der Waals surface area contributed by atoms with E-state index in [-0.39, 0.29) is 0 Å². The largest absolute Gasteiger partial charge is 0.496 e. The number of methoxy groups -OCH3 is 1. The van der Waals surface area contributed by atoms with Gasteiger partial charge in [-0.3, -0.25) is 0 Å². The van der Waals surface area contributed by atoms with E-state index in [1.165, 1.54) is 0 Å². The van der Waals surface area contributed by atoms with Crippen LogP contribution in [0, 0.1) is 6.92 Å². The molecule has 0 N–H and O–H groups in total. The summed E-state index contributed by atoms with van der Waals surface area (Å²) < 4.78 is 10.1. The van der Waals surface area contributed by atoms with Crippen molar-refractivity contribution >= 4 is 0 Å². The SMILES string of the molecule is COc1ccccc1-c1noc(C)n1. The van der Waals surface area contributed by atoms with Crippen LogP contribution in [0.4, 0.5) is 0 Å². The molecule has 2 aromatic rings. The summed E-state index contributed by atoms with van der Waals surface area (Å²) in [5.74, 6) is 1.85. The van der Waals surface area contributed by atoms with E-state index in [1.54, 1.807) is 14.0 Å². The van der Waals surface area contributed by atoms with E-state index < -0.39 is 0 Å². The molecule has 2 rings (SSSR count). The van der Waals surface area contributed by atoms with Crippen LogP contribution in [0.25, 0.3) is 11.4 Å². The summed E-state index contributed by atoms with van der Waals surface area (Å²) in [5, 5.41) is 3.83. The van der Waals surface area contributed by atoms with Crippen LogP contribution in [0.2, 0.25) is 0 Å². The molecule has 0 aliphatic rings. The van der Waals surface area contributed by atoms with Gasteiger partial charge in [0, 0.05) is 6.92 Å². The van der Waals surface area contributed by atoms with Gasteiger partial charge in [0.15, 0.2) is 0 Å². The van der Waals surface area contributed by atoms with Crippen LogP contribution in [-0.2, 0) is 0 Å². The molecule has 1 aromatic carbocycles. The molecular weight excluding hydrogens is 180 g/mol. The summed E-state index contributed by atoms with van der Waals surface area (Å²) >= 11 is 0. The van der Waals surface area contributed by atoms with E-state index in [2.05, 4.69) is 10.1 Å². The van der Waals surface area contributed by atoms with Gasteiger partial charge in [-0.05, 0) is 12.1 Å². The molecule has 1 heterocycles. The van der Waals surface area contributed by atoms with Gasteiger partial charge in [-0.2, -0.15) is 4.98 Å². The summed E-state index contributed by atoms with van der Waals surface area (Å²) in [6.45, 7) is 1.76. The third kappa shape index (κ3) is 1.46. The minimum Gasteiger partial charge on any atom is -0.496 e. The first-order chi connectivity index (χ1) is 6.81. The van der Waals surface area contributed by atoms with E-state index in [1.807, 2.05) is 24.3 Å². The topological polar surface area (TPSA) is 48.2 Å². The Kier molecular flexibility index (Phi) is 2.18. The lowest BCUT2D eigenvalue weighted by Gasteiger charge is -2.02. The fourth-order valence-corrected chi connectivity index (χ4v) is 1.24. The summed E-state index contributed by atoms with van der Waals surface area (Å²) in [5.41, 5.74) is 0.840. The molecule has 4 heteroatoms. The van der Waals surface area contributed by atoms with E-state index in [4.69, 9.17) is 9.26 Å². The second kappa shape index (κ2) is 3.49. The predicted molar refractivity (Wildman–Crippen MR) is 51.0 cm³/mol. The fourth-order valence-electron chi connectivity index (χ4n) is 1.24. The van der Waals surface area contributed by atoms with Crippen LogP contribution < -0.4 is 4.74 Å². The molecule has 0 bridgehead atoms. The van der Waals surface area contributed by atoms with E-state index in [0.29, 0.717) is 11.7 Å². The third-order valence-corrected chi connectivity index (χ3v) is 1.88. The van der Waals surface area contributed by atoms with Gasteiger partial charge in [-0.15, -0.1) is 0 Å². The number of hydrogen-bond acceptors (Lipinski definition) is 4. The lowest BCUT2D eigenvalue weighted by Crippen LogP contribution is -1.88. The molecule has 0 amide bonds. The van der Waals surface area contributed by atoms with Crippen molar-refractivity contribution < 1.29 is 9.26 Å². The first-order valence-electron chi connectivity index (χ1n) is 4.25. The average molecular weight is 190 g/mol. The molecule has 4 nitrogen and oxygen atoms in total. The minimum atomic E-state index is 0.547. The lowest BCUT2D eigenvalue weighted by molar-refractivity contribution is 0.393. The number of rotatable bonds is 2. The molecule has 0 unspecified atom stereocenters. The summed E-state index contributed by atoms with van der Waals surface area (Å²) in [6, 6.07) is 7.56. The molecule has 0 fully saturated rings. The molecule has 0 spiro atoms. The highest BCUT2D eigenvalue weighted by atomic mass is 16.5. The maximum atomic E-state index is 5.19. The van der Waals surface area contributed by atoms with Gasteiger partial charge in [-0.1, -0.05) is 17.3 Å². The number of aromatic nitrogens is 2. The van der Waals surface area contributed by atoms with Crippen LogP contribution in [0.3, 0.4) is 0 Å². The average Bonchev–Trinajstić information content (AvgIpc) is 2.65. The van der Waals surface area contributed by atoms with Crippen molar-refractivity contribution in [3.8, 4) is 17.1 Å². The Labute approximate surface area is 81.5 Å². The highest BCUT2D eigenvalue weighted by Crippen LogP contribution is 2.26. The maximum Gasteiger partial charge on any atom is 0.223 e. The van der Waals surface area contributed by atoms with Gasteiger partial charge < -0.3 is 9.26 Å². The Morgan fingerprint density at radius 2 is 2.07 bits per heavy atom. The van der Waals surface area contributed by atoms with Crippen LogP contribution in [0.5, 0.6) is 5.75 Å². The maximum absolute atomic E-state index is 5.19. The zero-order valence-electron chi connectivity index (χ0n) is 8.02. The van der Waals surface area contributed by atoms with Crippen LogP contribution in [-0.4, -0.2) is 17.3 Å². The molecule has 0 atom stereocenters. The van der Waals surface area contributed by atoms with Crippen molar-refractivity contribution in [3.63, 3.8) is 0 Å². The number of ether oxygens (including phenoxy) is 1. The lowest BCUT2D eigenvalue weighted by atomic mass is 10.2. The summed E-state index contributed by atoms with van der Waals surface area (Å²) in [4.78, 5) is 4.13. The van der Waals surface area contributed by atoms with Gasteiger partial charge in [-0.25, -0.2) is 0 Å². The molecule has 1 aromatic heterocycles. The number of nitrogens with zero attached hydrogens (tertiary/aromatic N) is 2. The monoisotopic (exact) mass is 190 g/mol. The van der Waals surface area contributed by atoms with E-state index in [0.717, 1.165) is 11.3 Å². The zero-order valence-corrected chi connectivity index (χ0v) is 8.02. The normalized spacial score (nSPS) is 10.1. The number of para-hydroxylation sites is 1. The number of benzene rings is 1. The Hall–Kier alpha value is -1.84. The highest BCUT2D eigenvalue weighted by molar-refractivity contribution is 5.63. The Morgan fingerprint density at radius 1 is 1.29 bits per heavy atom. The summed E-state index contributed by atoms with van der Waals surface area (Å²) in [7, 11) is 1.62. The second-order valence-electron chi connectivity index (χ2n) is 2.84. The number of aryl methyl sites for hydroxylation is 1. The van der Waals surface area contributed by atoms with Gasteiger partial charge in [0.05, 0.1) is 12.7 Å². The quantitative estimate of drug-likeness (QED) is 0.727. The zero-order chi connectivity index (χ0) is 9.97. The van der Waals surface area contributed by atoms with Crippen molar-refractivity contribution in [2.75, 3.05) is 7.11 Å². The van der Waals surface area contributed by atoms with Gasteiger partial charge >= 0.3 is 0 Å². The minimum absolute atomic E-state index is 0.547. The smallest absolute Gasteiger partial charge is 0.223 e. The van der Waals surface area contributed by atoms with Gasteiger partial charge in [0.2, 0.25) is 11.7 Å². The van der Waals surface area contributed by atoms with Crippen molar-refractivity contribution in [2.45, 2.75) is 6.92 Å². The molecule has 72 valence electrons. The van der Waals surface area contributed by atoms with E-state index in [9.17, 15) is 0 Å². The molecule has 0 aliphatic heterocycles. The Morgan fingerprint density at radius 3 is 2.71 bits per heavy atom. The third-order valence-electron chi connectivity index (χ3n) is 1.88. The van der Waals surface area contributed by atoms with Crippen LogP contribution in [0.1, 0.15) is 5.89 Å². The predicted octanol–water partition coefficient (Wildman–Crippen LogP) is 2.05. The van der Waals surface area contributed by atoms with Crippen molar-refractivity contribution in [1.29, 1.82) is 0 Å². The number of hydrogen-bond donors (Lipinski definition) is 0. The standard InChI is InChI=1S/C10H10N2O2/c1-7-11-10(12-14-7)8-5-3-4-6-9(8)13-2/h3-6H,1-2H3. The first kappa shape index (κ1) is 8.74. The van der Waals surface area contributed by atoms with Gasteiger partial charge in [0.25, 0.3) is 0 Å². The van der Waals surface area contributed by atoms with Crippen LogP contribution in [0.15, 0.2) is 28.8 Å². The van der Waals surface area contributed by atoms with E-state index >= 15 is 0 Å². The molecule has 0 radical (unpaired) electrons. The van der Waals surface area contributed by atoms with Crippen molar-refractivity contribution in [2.24, 2.45) is 0 Å². The molecule has 0 saturated carbocycles. The second-order valence-corrected chi connectivity index (χ2v) is 2.84. The molecule has 0 saturated heterocycles. The summed E-state index contributed by atoms with van der Waals surface area (Å²) in [6.07, 6.45) is 0. The molecular formula is C10H10N2O2. The molecule has 14 heavy (non-hydrogen) atoms. The fraction of sp³-hybridized carbons (Fsp3) is 0.200. The Bertz CT molecular complexity index is 437. The van der Waals surface area contributed by atoms with Crippen LogP contribution >= 0.6 is 0 Å². The first-order valence-corrected chi connectivity index (χ1v) is 4.25.